The van der Waals surface area contributed by atoms with Crippen LogP contribution in [0.15, 0.2) is 54.9 Å². The van der Waals surface area contributed by atoms with Crippen molar-refractivity contribution in [3.63, 3.8) is 0 Å². The van der Waals surface area contributed by atoms with Crippen molar-refractivity contribution in [2.75, 3.05) is 0 Å². The molecule has 106 valence electrons. The van der Waals surface area contributed by atoms with Crippen molar-refractivity contribution in [2.45, 2.75) is 6.54 Å². The maximum Gasteiger partial charge on any atom is 0.128 e. The molecule has 0 bridgehead atoms. The molecule has 0 saturated heterocycles. The molecule has 0 N–H and O–H groups in total. The van der Waals surface area contributed by atoms with Gasteiger partial charge in [0.25, 0.3) is 0 Å². The van der Waals surface area contributed by atoms with Crippen LogP contribution in [0.1, 0.15) is 5.56 Å². The molecule has 5 heteroatoms. The quantitative estimate of drug-likeness (QED) is 0.554. The molecule has 0 atom stereocenters. The second kappa shape index (κ2) is 6.15. The molecule has 0 aliphatic heterocycles. The van der Waals surface area contributed by atoms with Gasteiger partial charge < -0.3 is 0 Å². The maximum atomic E-state index is 13.7. The average Bonchev–Trinajstić information content (AvgIpc) is 2.91. The number of hydrogen-bond acceptors (Lipinski definition) is 1. The fourth-order valence-electron chi connectivity index (χ4n) is 2.11. The zero-order valence-electron chi connectivity index (χ0n) is 10.9. The van der Waals surface area contributed by atoms with Crippen molar-refractivity contribution < 1.29 is 4.39 Å². The SMILES string of the molecule is Fc1ccc(Cl)cc1Cn1cc(-c2cccc(I)c2)cn1. The molecule has 1 aromatic heterocycles. The highest BCUT2D eigenvalue weighted by Crippen LogP contribution is 2.22. The van der Waals surface area contributed by atoms with Crippen LogP contribution < -0.4 is 0 Å². The molecule has 0 unspecified atom stereocenters. The number of nitrogens with zero attached hydrogens (tertiary/aromatic N) is 2. The van der Waals surface area contributed by atoms with Crippen molar-refractivity contribution in [3.8, 4) is 11.1 Å². The number of hydrogen-bond donors (Lipinski definition) is 0. The Balaban J connectivity index is 1.87. The molecule has 21 heavy (non-hydrogen) atoms. The van der Waals surface area contributed by atoms with Crippen LogP contribution >= 0.6 is 34.2 Å². The van der Waals surface area contributed by atoms with E-state index in [1.165, 1.54) is 9.64 Å². The highest BCUT2D eigenvalue weighted by atomic mass is 127. The summed E-state index contributed by atoms with van der Waals surface area (Å²) in [7, 11) is 0. The lowest BCUT2D eigenvalue weighted by atomic mass is 10.1. The van der Waals surface area contributed by atoms with E-state index >= 15 is 0 Å². The van der Waals surface area contributed by atoms with E-state index in [0.29, 0.717) is 17.1 Å². The van der Waals surface area contributed by atoms with Gasteiger partial charge in [-0.3, -0.25) is 4.68 Å². The van der Waals surface area contributed by atoms with Crippen molar-refractivity contribution in [2.24, 2.45) is 0 Å². The van der Waals surface area contributed by atoms with E-state index in [9.17, 15) is 4.39 Å². The number of rotatable bonds is 3. The van der Waals surface area contributed by atoms with E-state index in [0.717, 1.165) is 11.1 Å². The van der Waals surface area contributed by atoms with Gasteiger partial charge in [-0.2, -0.15) is 5.10 Å². The Bertz CT molecular complexity index is 785. The van der Waals surface area contributed by atoms with Gasteiger partial charge in [-0.15, -0.1) is 0 Å². The summed E-state index contributed by atoms with van der Waals surface area (Å²) < 4.78 is 16.6. The minimum absolute atomic E-state index is 0.272. The third kappa shape index (κ3) is 3.44. The Morgan fingerprint density at radius 2 is 2.00 bits per heavy atom. The minimum Gasteiger partial charge on any atom is -0.268 e. The van der Waals surface area contributed by atoms with Gasteiger partial charge >= 0.3 is 0 Å². The fourth-order valence-corrected chi connectivity index (χ4v) is 2.84. The fraction of sp³-hybridized carbons (Fsp3) is 0.0625. The van der Waals surface area contributed by atoms with Crippen LogP contribution in [0, 0.1) is 9.39 Å². The Morgan fingerprint density at radius 1 is 1.14 bits per heavy atom. The van der Waals surface area contributed by atoms with Crippen molar-refractivity contribution in [3.05, 3.63) is 74.8 Å². The molecule has 0 fully saturated rings. The molecule has 1 heterocycles. The van der Waals surface area contributed by atoms with Crippen LogP contribution in [0.25, 0.3) is 11.1 Å². The molecular formula is C16H11ClFIN2. The van der Waals surface area contributed by atoms with Crippen LogP contribution in [-0.4, -0.2) is 9.78 Å². The van der Waals surface area contributed by atoms with Gasteiger partial charge in [0.15, 0.2) is 0 Å². The van der Waals surface area contributed by atoms with E-state index in [-0.39, 0.29) is 5.82 Å². The highest BCUT2D eigenvalue weighted by Gasteiger charge is 2.07. The maximum absolute atomic E-state index is 13.7. The van der Waals surface area contributed by atoms with Gasteiger partial charge in [-0.1, -0.05) is 23.7 Å². The zero-order chi connectivity index (χ0) is 14.8. The van der Waals surface area contributed by atoms with Crippen molar-refractivity contribution in [1.29, 1.82) is 0 Å². The predicted octanol–water partition coefficient (Wildman–Crippen LogP) is 5.00. The van der Waals surface area contributed by atoms with Crippen LogP contribution in [0.5, 0.6) is 0 Å². The molecule has 0 spiro atoms. The normalized spacial score (nSPS) is 10.8. The van der Waals surface area contributed by atoms with Crippen LogP contribution in [0.4, 0.5) is 4.39 Å². The molecule has 0 radical (unpaired) electrons. The van der Waals surface area contributed by atoms with Gasteiger partial charge in [0, 0.05) is 25.9 Å². The van der Waals surface area contributed by atoms with E-state index in [2.05, 4.69) is 33.8 Å². The van der Waals surface area contributed by atoms with E-state index < -0.39 is 0 Å². The molecule has 2 aromatic carbocycles. The van der Waals surface area contributed by atoms with Gasteiger partial charge in [0.1, 0.15) is 5.82 Å². The summed E-state index contributed by atoms with van der Waals surface area (Å²) >= 11 is 8.18. The monoisotopic (exact) mass is 412 g/mol. The average molecular weight is 413 g/mol. The molecule has 3 aromatic rings. The molecule has 0 aliphatic rings. The lowest BCUT2D eigenvalue weighted by molar-refractivity contribution is 0.585. The van der Waals surface area contributed by atoms with Gasteiger partial charge in [-0.25, -0.2) is 4.39 Å². The lowest BCUT2D eigenvalue weighted by Crippen LogP contribution is -2.02. The zero-order valence-corrected chi connectivity index (χ0v) is 13.8. The summed E-state index contributed by atoms with van der Waals surface area (Å²) in [4.78, 5) is 0. The van der Waals surface area contributed by atoms with Crippen LogP contribution in [0.3, 0.4) is 0 Å². The molecule has 0 amide bonds. The lowest BCUT2D eigenvalue weighted by Gasteiger charge is -2.04. The smallest absolute Gasteiger partial charge is 0.128 e. The minimum atomic E-state index is -0.272. The molecule has 0 aliphatic carbocycles. The largest absolute Gasteiger partial charge is 0.268 e. The summed E-state index contributed by atoms with van der Waals surface area (Å²) in [6.07, 6.45) is 3.69. The second-order valence-electron chi connectivity index (χ2n) is 4.67. The first-order chi connectivity index (χ1) is 10.1. The Morgan fingerprint density at radius 3 is 2.81 bits per heavy atom. The van der Waals surface area contributed by atoms with E-state index in [1.807, 2.05) is 24.4 Å². The number of aromatic nitrogens is 2. The predicted molar refractivity (Wildman–Crippen MR) is 90.9 cm³/mol. The van der Waals surface area contributed by atoms with E-state index in [4.69, 9.17) is 11.6 Å². The topological polar surface area (TPSA) is 17.8 Å². The van der Waals surface area contributed by atoms with E-state index in [1.54, 1.807) is 23.0 Å². The van der Waals surface area contributed by atoms with Crippen LogP contribution in [-0.2, 0) is 6.54 Å². The molecule has 0 saturated carbocycles. The Labute approximate surface area is 140 Å². The first-order valence-corrected chi connectivity index (χ1v) is 7.80. The summed E-state index contributed by atoms with van der Waals surface area (Å²) in [5, 5.41) is 4.82. The molecule has 2 nitrogen and oxygen atoms in total. The first kappa shape index (κ1) is 14.5. The first-order valence-electron chi connectivity index (χ1n) is 6.34. The van der Waals surface area contributed by atoms with Crippen LogP contribution in [0.2, 0.25) is 5.02 Å². The van der Waals surface area contributed by atoms with Gasteiger partial charge in [0.2, 0.25) is 0 Å². The Kier molecular flexibility index (Phi) is 4.26. The number of halogens is 3. The summed E-state index contributed by atoms with van der Waals surface area (Å²) in [5.74, 6) is -0.272. The summed E-state index contributed by atoms with van der Waals surface area (Å²) in [6.45, 7) is 0.357. The summed E-state index contributed by atoms with van der Waals surface area (Å²) in [5.41, 5.74) is 2.63. The third-order valence-corrected chi connectivity index (χ3v) is 4.04. The molecule has 3 rings (SSSR count). The van der Waals surface area contributed by atoms with Gasteiger partial charge in [0.05, 0.1) is 12.7 Å². The summed E-state index contributed by atoms with van der Waals surface area (Å²) in [6, 6.07) is 12.7. The standard InChI is InChI=1S/C16H11ClFIN2/c17-14-4-5-16(18)12(6-14)9-21-10-13(8-20-21)11-2-1-3-15(19)7-11/h1-8,10H,9H2. The number of benzene rings is 2. The van der Waals surface area contributed by atoms with Gasteiger partial charge in [-0.05, 0) is 58.5 Å². The third-order valence-electron chi connectivity index (χ3n) is 3.13. The van der Waals surface area contributed by atoms with Crippen molar-refractivity contribution >= 4 is 34.2 Å². The Hall–Kier alpha value is -1.40. The highest BCUT2D eigenvalue weighted by molar-refractivity contribution is 14.1. The second-order valence-corrected chi connectivity index (χ2v) is 6.35. The molecular weight excluding hydrogens is 402 g/mol. The van der Waals surface area contributed by atoms with Crippen molar-refractivity contribution in [1.82, 2.24) is 9.78 Å².